The zero-order valence-electron chi connectivity index (χ0n) is 19.1. The first kappa shape index (κ1) is 26.7. The molecular formula is C23H40N4O4. The highest BCUT2D eigenvalue weighted by molar-refractivity contribution is 5.67. The maximum Gasteiger partial charge on any atom is 0.407 e. The summed E-state index contributed by atoms with van der Waals surface area (Å²) in [5.41, 5.74) is 7.52. The molecule has 0 spiro atoms. The number of rotatable bonds is 16. The number of nitrogens with two attached hydrogens (primary N) is 1. The van der Waals surface area contributed by atoms with Gasteiger partial charge in [-0.25, -0.2) is 9.59 Å². The first-order valence-electron chi connectivity index (χ1n) is 11.4. The molecule has 0 radical (unpaired) electrons. The summed E-state index contributed by atoms with van der Waals surface area (Å²) in [6.45, 7) is 7.50. The van der Waals surface area contributed by atoms with Gasteiger partial charge in [-0.3, -0.25) is 4.90 Å². The summed E-state index contributed by atoms with van der Waals surface area (Å²) in [5, 5.41) is 5.46. The molecular weight excluding hydrogens is 396 g/mol. The summed E-state index contributed by atoms with van der Waals surface area (Å²) in [6.07, 6.45) is 3.80. The molecule has 8 nitrogen and oxygen atoms in total. The summed E-state index contributed by atoms with van der Waals surface area (Å²) in [7, 11) is 0. The van der Waals surface area contributed by atoms with Crippen LogP contribution in [0.3, 0.4) is 0 Å². The Bertz CT molecular complexity index is 572. The highest BCUT2D eigenvalue weighted by atomic mass is 16.6. The fourth-order valence-electron chi connectivity index (χ4n) is 2.98. The van der Waals surface area contributed by atoms with Crippen LogP contribution in [0, 0.1) is 0 Å². The Morgan fingerprint density at radius 3 is 1.94 bits per heavy atom. The third-order valence-corrected chi connectivity index (χ3v) is 4.71. The van der Waals surface area contributed by atoms with Crippen molar-refractivity contribution < 1.29 is 19.1 Å². The van der Waals surface area contributed by atoms with Gasteiger partial charge >= 0.3 is 12.2 Å². The summed E-state index contributed by atoms with van der Waals surface area (Å²) in [5.74, 6) is 0. The van der Waals surface area contributed by atoms with Crippen molar-refractivity contribution in [3.05, 3.63) is 35.9 Å². The van der Waals surface area contributed by atoms with Gasteiger partial charge < -0.3 is 25.8 Å². The van der Waals surface area contributed by atoms with Gasteiger partial charge in [0.1, 0.15) is 13.2 Å². The minimum Gasteiger partial charge on any atom is -0.448 e. The quantitative estimate of drug-likeness (QED) is 0.344. The fraction of sp³-hybridized carbons (Fsp3) is 0.652. The van der Waals surface area contributed by atoms with Crippen molar-refractivity contribution in [3.8, 4) is 0 Å². The lowest BCUT2D eigenvalue weighted by atomic mass is 10.1. The zero-order chi connectivity index (χ0) is 22.7. The first-order chi connectivity index (χ1) is 15.0. The van der Waals surface area contributed by atoms with E-state index in [0.29, 0.717) is 32.7 Å². The molecule has 0 bridgehead atoms. The normalized spacial score (nSPS) is 11.7. The van der Waals surface area contributed by atoms with Crippen molar-refractivity contribution >= 4 is 12.2 Å². The van der Waals surface area contributed by atoms with Gasteiger partial charge in [-0.15, -0.1) is 0 Å². The van der Waals surface area contributed by atoms with E-state index in [0.717, 1.165) is 32.1 Å². The first-order valence-corrected chi connectivity index (χ1v) is 11.4. The Morgan fingerprint density at radius 2 is 1.45 bits per heavy atom. The zero-order valence-corrected chi connectivity index (χ0v) is 19.1. The minimum atomic E-state index is -0.409. The van der Waals surface area contributed by atoms with Crippen molar-refractivity contribution in [2.75, 3.05) is 45.9 Å². The summed E-state index contributed by atoms with van der Waals surface area (Å²) >= 11 is 0. The molecule has 8 heteroatoms. The van der Waals surface area contributed by atoms with Crippen LogP contribution in [0.1, 0.15) is 45.1 Å². The van der Waals surface area contributed by atoms with Crippen LogP contribution >= 0.6 is 0 Å². The minimum absolute atomic E-state index is 0.0841. The number of amides is 2. The molecule has 31 heavy (non-hydrogen) atoms. The molecule has 1 unspecified atom stereocenters. The van der Waals surface area contributed by atoms with Gasteiger partial charge in [0.15, 0.2) is 0 Å². The highest BCUT2D eigenvalue weighted by Crippen LogP contribution is 2.04. The van der Waals surface area contributed by atoms with E-state index >= 15 is 0 Å². The molecule has 0 aliphatic rings. The summed E-state index contributed by atoms with van der Waals surface area (Å²) in [4.78, 5) is 25.5. The average Bonchev–Trinajstić information content (AvgIpc) is 2.74. The van der Waals surface area contributed by atoms with Gasteiger partial charge in [0.2, 0.25) is 0 Å². The smallest absolute Gasteiger partial charge is 0.407 e. The molecule has 0 aliphatic heterocycles. The van der Waals surface area contributed by atoms with Crippen LogP contribution < -0.4 is 16.4 Å². The standard InChI is InChI=1S/C23H40N4O4/c1-3-5-12-25-22(28)30-16-14-27(15-17-31-23(29)26-13-6-4-2)19-21(24)18-20-10-8-7-9-11-20/h7-11,21H,3-6,12-19,24H2,1-2H3,(H,25,28)(H,26,29). The van der Waals surface area contributed by atoms with Crippen molar-refractivity contribution in [2.45, 2.75) is 52.0 Å². The van der Waals surface area contributed by atoms with E-state index in [1.807, 2.05) is 18.2 Å². The molecule has 0 saturated carbocycles. The Balaban J connectivity index is 2.44. The second-order valence-corrected chi connectivity index (χ2v) is 7.58. The maximum absolute atomic E-state index is 11.7. The maximum atomic E-state index is 11.7. The van der Waals surface area contributed by atoms with E-state index in [1.165, 1.54) is 5.56 Å². The van der Waals surface area contributed by atoms with Gasteiger partial charge in [0, 0.05) is 38.8 Å². The van der Waals surface area contributed by atoms with Crippen molar-refractivity contribution in [1.29, 1.82) is 0 Å². The Labute approximate surface area is 186 Å². The van der Waals surface area contributed by atoms with E-state index in [1.54, 1.807) is 0 Å². The lowest BCUT2D eigenvalue weighted by Crippen LogP contribution is -2.43. The predicted molar refractivity (Wildman–Crippen MR) is 123 cm³/mol. The van der Waals surface area contributed by atoms with Crippen LogP contribution in [0.25, 0.3) is 0 Å². The number of hydrogen-bond acceptors (Lipinski definition) is 6. The molecule has 0 heterocycles. The highest BCUT2D eigenvalue weighted by Gasteiger charge is 2.13. The molecule has 1 aromatic rings. The number of hydrogen-bond donors (Lipinski definition) is 3. The van der Waals surface area contributed by atoms with Crippen LogP contribution in [0.2, 0.25) is 0 Å². The fourth-order valence-corrected chi connectivity index (χ4v) is 2.98. The van der Waals surface area contributed by atoms with Gasteiger partial charge in [-0.1, -0.05) is 57.0 Å². The number of nitrogens with zero attached hydrogens (tertiary/aromatic N) is 1. The number of unbranched alkanes of at least 4 members (excludes halogenated alkanes) is 2. The van der Waals surface area contributed by atoms with E-state index in [4.69, 9.17) is 15.2 Å². The molecule has 1 aromatic carbocycles. The molecule has 0 saturated heterocycles. The number of nitrogens with one attached hydrogen (secondary N) is 2. The average molecular weight is 437 g/mol. The predicted octanol–water partition coefficient (Wildman–Crippen LogP) is 2.91. The molecule has 176 valence electrons. The summed E-state index contributed by atoms with van der Waals surface area (Å²) in [6, 6.07) is 9.99. The second-order valence-electron chi connectivity index (χ2n) is 7.58. The Kier molecular flexibility index (Phi) is 15.0. The Hall–Kier alpha value is -2.32. The number of alkyl carbamates (subject to hydrolysis) is 2. The van der Waals surface area contributed by atoms with E-state index in [9.17, 15) is 9.59 Å². The van der Waals surface area contributed by atoms with Crippen LogP contribution in [0.5, 0.6) is 0 Å². The SMILES string of the molecule is CCCCNC(=O)OCCN(CCOC(=O)NCCCC)CC(N)Cc1ccccc1. The van der Waals surface area contributed by atoms with E-state index < -0.39 is 12.2 Å². The molecule has 4 N–H and O–H groups in total. The van der Waals surface area contributed by atoms with Crippen LogP contribution in [-0.4, -0.2) is 69.1 Å². The number of benzene rings is 1. The van der Waals surface area contributed by atoms with Crippen molar-refractivity contribution in [2.24, 2.45) is 5.73 Å². The largest absolute Gasteiger partial charge is 0.448 e. The third-order valence-electron chi connectivity index (χ3n) is 4.71. The second kappa shape index (κ2) is 17.4. The third kappa shape index (κ3) is 14.3. The van der Waals surface area contributed by atoms with Gasteiger partial charge in [-0.2, -0.15) is 0 Å². The molecule has 0 aromatic heterocycles. The number of carbonyl (C=O) groups is 2. The van der Waals surface area contributed by atoms with Crippen LogP contribution in [0.15, 0.2) is 30.3 Å². The molecule has 1 atom stereocenters. The topological polar surface area (TPSA) is 106 Å². The monoisotopic (exact) mass is 436 g/mol. The number of ether oxygens (including phenoxy) is 2. The molecule has 0 fully saturated rings. The summed E-state index contributed by atoms with van der Waals surface area (Å²) < 4.78 is 10.5. The Morgan fingerprint density at radius 1 is 0.935 bits per heavy atom. The molecule has 0 aliphatic carbocycles. The van der Waals surface area contributed by atoms with Crippen LogP contribution in [0.4, 0.5) is 9.59 Å². The van der Waals surface area contributed by atoms with E-state index in [-0.39, 0.29) is 19.3 Å². The van der Waals surface area contributed by atoms with E-state index in [2.05, 4.69) is 41.5 Å². The van der Waals surface area contributed by atoms with Crippen molar-refractivity contribution in [1.82, 2.24) is 15.5 Å². The lowest BCUT2D eigenvalue weighted by molar-refractivity contribution is 0.104. The molecule has 1 rings (SSSR count). The van der Waals surface area contributed by atoms with Gasteiger partial charge in [0.05, 0.1) is 0 Å². The van der Waals surface area contributed by atoms with Gasteiger partial charge in [-0.05, 0) is 24.8 Å². The van der Waals surface area contributed by atoms with Crippen LogP contribution in [-0.2, 0) is 15.9 Å². The molecule has 2 amide bonds. The van der Waals surface area contributed by atoms with Crippen molar-refractivity contribution in [3.63, 3.8) is 0 Å². The number of carbonyl (C=O) groups excluding carboxylic acids is 2. The van der Waals surface area contributed by atoms with Gasteiger partial charge in [0.25, 0.3) is 0 Å². The lowest BCUT2D eigenvalue weighted by Gasteiger charge is -2.25.